The Morgan fingerprint density at radius 3 is 2.33 bits per heavy atom. The maximum atomic E-state index is 9.52. The van der Waals surface area contributed by atoms with Gasteiger partial charge in [0, 0.05) is 12.6 Å². The maximum absolute atomic E-state index is 9.52. The Balaban J connectivity index is 1.77. The Morgan fingerprint density at radius 1 is 1.11 bits per heavy atom. The van der Waals surface area contributed by atoms with E-state index in [2.05, 4.69) is 43.1 Å². The highest BCUT2D eigenvalue weighted by Crippen LogP contribution is 2.22. The third-order valence-corrected chi connectivity index (χ3v) is 4.16. The molecule has 18 heavy (non-hydrogen) atoms. The van der Waals surface area contributed by atoms with Gasteiger partial charge in [-0.2, -0.15) is 0 Å². The lowest BCUT2D eigenvalue weighted by Gasteiger charge is -2.33. The second-order valence-corrected chi connectivity index (χ2v) is 5.68. The molecule has 1 saturated carbocycles. The van der Waals surface area contributed by atoms with E-state index < -0.39 is 0 Å². The van der Waals surface area contributed by atoms with Crippen LogP contribution in [0.4, 0.5) is 0 Å². The fourth-order valence-electron chi connectivity index (χ4n) is 2.74. The van der Waals surface area contributed by atoms with Crippen LogP contribution in [0.3, 0.4) is 0 Å². The summed E-state index contributed by atoms with van der Waals surface area (Å²) in [4.78, 5) is 2.46. The van der Waals surface area contributed by atoms with E-state index in [1.165, 1.54) is 11.1 Å². The van der Waals surface area contributed by atoms with Crippen LogP contribution in [0.25, 0.3) is 0 Å². The van der Waals surface area contributed by atoms with Crippen LogP contribution in [-0.4, -0.2) is 35.7 Å². The molecule has 0 atom stereocenters. The molecule has 0 heterocycles. The molecular weight excluding hydrogens is 222 g/mol. The summed E-state index contributed by atoms with van der Waals surface area (Å²) in [6.07, 6.45) is 5.30. The van der Waals surface area contributed by atoms with Crippen LogP contribution < -0.4 is 0 Å². The number of rotatable bonds is 4. The zero-order valence-corrected chi connectivity index (χ0v) is 11.6. The molecule has 0 radical (unpaired) electrons. The molecule has 1 aromatic rings. The summed E-state index contributed by atoms with van der Waals surface area (Å²) in [6, 6.07) is 9.50. The molecule has 1 aromatic carbocycles. The SMILES string of the molecule is Cc1ccc(CCN(C)C2CCC(O)CC2)cc1. The molecule has 1 N–H and O–H groups in total. The van der Waals surface area contributed by atoms with Crippen molar-refractivity contribution in [1.29, 1.82) is 0 Å². The lowest BCUT2D eigenvalue weighted by molar-refractivity contribution is 0.0847. The van der Waals surface area contributed by atoms with Crippen LogP contribution in [0.1, 0.15) is 36.8 Å². The van der Waals surface area contributed by atoms with E-state index in [0.29, 0.717) is 6.04 Å². The van der Waals surface area contributed by atoms with Crippen LogP contribution in [0.2, 0.25) is 0 Å². The predicted octanol–water partition coefficient (Wildman–Crippen LogP) is 2.77. The number of hydrogen-bond acceptors (Lipinski definition) is 2. The van der Waals surface area contributed by atoms with Gasteiger partial charge in [-0.05, 0) is 51.6 Å². The van der Waals surface area contributed by atoms with E-state index in [4.69, 9.17) is 0 Å². The minimum absolute atomic E-state index is 0.0493. The Morgan fingerprint density at radius 2 is 1.72 bits per heavy atom. The number of aliphatic hydroxyl groups excluding tert-OH is 1. The van der Waals surface area contributed by atoms with Crippen molar-refractivity contribution in [2.45, 2.75) is 51.2 Å². The van der Waals surface area contributed by atoms with E-state index in [1.54, 1.807) is 0 Å². The Kier molecular flexibility index (Phi) is 4.79. The Labute approximate surface area is 111 Å². The average molecular weight is 247 g/mol. The van der Waals surface area contributed by atoms with Crippen LogP contribution in [0.15, 0.2) is 24.3 Å². The van der Waals surface area contributed by atoms with Gasteiger partial charge >= 0.3 is 0 Å². The van der Waals surface area contributed by atoms with E-state index in [1.807, 2.05) is 0 Å². The first-order valence-corrected chi connectivity index (χ1v) is 7.09. The highest BCUT2D eigenvalue weighted by Gasteiger charge is 2.22. The highest BCUT2D eigenvalue weighted by molar-refractivity contribution is 5.21. The summed E-state index contributed by atoms with van der Waals surface area (Å²) in [7, 11) is 2.22. The fraction of sp³-hybridized carbons (Fsp3) is 0.625. The minimum atomic E-state index is -0.0493. The maximum Gasteiger partial charge on any atom is 0.0541 e. The van der Waals surface area contributed by atoms with E-state index >= 15 is 0 Å². The van der Waals surface area contributed by atoms with E-state index in [0.717, 1.165) is 38.6 Å². The molecule has 0 bridgehead atoms. The molecule has 1 fully saturated rings. The molecule has 0 spiro atoms. The molecule has 0 aromatic heterocycles. The van der Waals surface area contributed by atoms with Crippen LogP contribution >= 0.6 is 0 Å². The smallest absolute Gasteiger partial charge is 0.0541 e. The molecule has 0 aliphatic heterocycles. The molecular formula is C16H25NO. The molecule has 1 aliphatic carbocycles. The lowest BCUT2D eigenvalue weighted by Crippen LogP contribution is -2.37. The van der Waals surface area contributed by atoms with Crippen molar-refractivity contribution in [2.24, 2.45) is 0 Å². The zero-order valence-electron chi connectivity index (χ0n) is 11.6. The van der Waals surface area contributed by atoms with Gasteiger partial charge in [0.1, 0.15) is 0 Å². The van der Waals surface area contributed by atoms with Crippen LogP contribution in [0.5, 0.6) is 0 Å². The van der Waals surface area contributed by atoms with Crippen molar-refractivity contribution in [1.82, 2.24) is 4.90 Å². The van der Waals surface area contributed by atoms with Gasteiger partial charge in [0.05, 0.1) is 6.10 Å². The molecule has 1 aliphatic rings. The first-order chi connectivity index (χ1) is 8.65. The normalized spacial score (nSPS) is 24.4. The van der Waals surface area contributed by atoms with Crippen molar-refractivity contribution in [3.05, 3.63) is 35.4 Å². The van der Waals surface area contributed by atoms with Gasteiger partial charge in [0.25, 0.3) is 0 Å². The largest absolute Gasteiger partial charge is 0.393 e. The van der Waals surface area contributed by atoms with Gasteiger partial charge in [-0.3, -0.25) is 0 Å². The summed E-state index contributed by atoms with van der Waals surface area (Å²) in [5.74, 6) is 0. The monoisotopic (exact) mass is 247 g/mol. The standard InChI is InChI=1S/C16H25NO/c1-13-3-5-14(6-4-13)11-12-17(2)15-7-9-16(18)10-8-15/h3-6,15-16,18H,7-12H2,1-2H3. The number of nitrogens with zero attached hydrogens (tertiary/aromatic N) is 1. The molecule has 2 heteroatoms. The van der Waals surface area contributed by atoms with Crippen molar-refractivity contribution in [3.8, 4) is 0 Å². The lowest BCUT2D eigenvalue weighted by atomic mass is 9.92. The van der Waals surface area contributed by atoms with Gasteiger partial charge in [-0.25, -0.2) is 0 Å². The summed E-state index contributed by atoms with van der Waals surface area (Å²) < 4.78 is 0. The number of benzene rings is 1. The minimum Gasteiger partial charge on any atom is -0.393 e. The second-order valence-electron chi connectivity index (χ2n) is 5.68. The van der Waals surface area contributed by atoms with E-state index in [-0.39, 0.29) is 6.10 Å². The molecule has 0 amide bonds. The highest BCUT2D eigenvalue weighted by atomic mass is 16.3. The van der Waals surface area contributed by atoms with Crippen molar-refractivity contribution >= 4 is 0 Å². The quantitative estimate of drug-likeness (QED) is 0.884. The number of aliphatic hydroxyl groups is 1. The summed E-state index contributed by atoms with van der Waals surface area (Å²) >= 11 is 0. The van der Waals surface area contributed by atoms with Crippen molar-refractivity contribution in [3.63, 3.8) is 0 Å². The molecule has 2 nitrogen and oxygen atoms in total. The summed E-state index contributed by atoms with van der Waals surface area (Å²) in [5.41, 5.74) is 2.75. The van der Waals surface area contributed by atoms with Gasteiger partial charge in [-0.15, -0.1) is 0 Å². The van der Waals surface area contributed by atoms with Crippen molar-refractivity contribution in [2.75, 3.05) is 13.6 Å². The third kappa shape index (κ3) is 3.82. The Hall–Kier alpha value is -0.860. The van der Waals surface area contributed by atoms with Gasteiger partial charge in [0.15, 0.2) is 0 Å². The van der Waals surface area contributed by atoms with Gasteiger partial charge < -0.3 is 10.0 Å². The topological polar surface area (TPSA) is 23.5 Å². The van der Waals surface area contributed by atoms with Crippen LogP contribution in [0, 0.1) is 6.92 Å². The molecule has 2 rings (SSSR count). The molecule has 0 saturated heterocycles. The summed E-state index contributed by atoms with van der Waals surface area (Å²) in [5, 5.41) is 9.52. The van der Waals surface area contributed by atoms with Crippen molar-refractivity contribution < 1.29 is 5.11 Å². The first kappa shape index (κ1) is 13.6. The summed E-state index contributed by atoms with van der Waals surface area (Å²) in [6.45, 7) is 3.24. The Bertz CT molecular complexity index is 352. The fourth-order valence-corrected chi connectivity index (χ4v) is 2.74. The van der Waals surface area contributed by atoms with E-state index in [9.17, 15) is 5.11 Å². The van der Waals surface area contributed by atoms with Gasteiger partial charge in [0.2, 0.25) is 0 Å². The zero-order chi connectivity index (χ0) is 13.0. The predicted molar refractivity (Wildman–Crippen MR) is 75.8 cm³/mol. The van der Waals surface area contributed by atoms with Crippen LogP contribution in [-0.2, 0) is 6.42 Å². The molecule has 0 unspecified atom stereocenters. The molecule has 100 valence electrons. The number of likely N-dealkylation sites (N-methyl/N-ethyl adjacent to an activating group) is 1. The second kappa shape index (κ2) is 6.35. The number of aryl methyl sites for hydroxylation is 1. The number of hydrogen-bond donors (Lipinski definition) is 1. The van der Waals surface area contributed by atoms with Gasteiger partial charge in [-0.1, -0.05) is 29.8 Å². The first-order valence-electron chi connectivity index (χ1n) is 7.09. The third-order valence-electron chi connectivity index (χ3n) is 4.16. The average Bonchev–Trinajstić information content (AvgIpc) is 2.38.